The lowest BCUT2D eigenvalue weighted by atomic mass is 10.0. The molecular formula is C21H20N4O4S. The van der Waals surface area contributed by atoms with Crippen molar-refractivity contribution in [2.75, 3.05) is 18.5 Å². The number of hydrogen-bond acceptors (Lipinski definition) is 7. The van der Waals surface area contributed by atoms with Gasteiger partial charge in [-0.2, -0.15) is 0 Å². The molecule has 0 aliphatic carbocycles. The van der Waals surface area contributed by atoms with Crippen LogP contribution in [0, 0.1) is 0 Å². The number of rotatable bonds is 4. The monoisotopic (exact) mass is 424 g/mol. The Morgan fingerprint density at radius 2 is 2.00 bits per heavy atom. The number of carbonyl (C=O) groups is 3. The number of ether oxygens (including phenoxy) is 1. The van der Waals surface area contributed by atoms with E-state index in [2.05, 4.69) is 15.3 Å². The SMILES string of the molecule is CCOC(=O)c1c(NC(=O)c2cnc3ccccc3n2)sc2c1CCN(C(C)=O)C2. The topological polar surface area (TPSA) is 101 Å². The van der Waals surface area contributed by atoms with Crippen LogP contribution >= 0.6 is 11.3 Å². The zero-order valence-corrected chi connectivity index (χ0v) is 17.4. The highest BCUT2D eigenvalue weighted by Gasteiger charge is 2.30. The Kier molecular flexibility index (Phi) is 5.45. The molecular weight excluding hydrogens is 404 g/mol. The highest BCUT2D eigenvalue weighted by Crippen LogP contribution is 2.38. The lowest BCUT2D eigenvalue weighted by Gasteiger charge is -2.25. The molecule has 0 bridgehead atoms. The van der Waals surface area contributed by atoms with Crippen molar-refractivity contribution in [3.63, 3.8) is 0 Å². The molecule has 1 aliphatic rings. The highest BCUT2D eigenvalue weighted by molar-refractivity contribution is 7.17. The number of para-hydroxylation sites is 2. The second-order valence-corrected chi connectivity index (χ2v) is 7.92. The maximum absolute atomic E-state index is 12.9. The van der Waals surface area contributed by atoms with Crippen molar-refractivity contribution in [1.82, 2.24) is 14.9 Å². The summed E-state index contributed by atoms with van der Waals surface area (Å²) in [6.07, 6.45) is 1.94. The van der Waals surface area contributed by atoms with Crippen molar-refractivity contribution >= 4 is 45.2 Å². The Morgan fingerprint density at radius 1 is 1.23 bits per heavy atom. The molecule has 3 aromatic rings. The molecule has 0 atom stereocenters. The van der Waals surface area contributed by atoms with Crippen molar-refractivity contribution in [2.45, 2.75) is 26.8 Å². The molecule has 8 nitrogen and oxygen atoms in total. The minimum Gasteiger partial charge on any atom is -0.462 e. The molecule has 1 aromatic carbocycles. The summed E-state index contributed by atoms with van der Waals surface area (Å²) < 4.78 is 5.22. The van der Waals surface area contributed by atoms with Crippen molar-refractivity contribution < 1.29 is 19.1 Å². The average molecular weight is 424 g/mol. The van der Waals surface area contributed by atoms with E-state index >= 15 is 0 Å². The minimum atomic E-state index is -0.480. The summed E-state index contributed by atoms with van der Waals surface area (Å²) in [6.45, 7) is 4.41. The van der Waals surface area contributed by atoms with Gasteiger partial charge in [0.05, 0.1) is 35.9 Å². The molecule has 3 heterocycles. The van der Waals surface area contributed by atoms with E-state index in [9.17, 15) is 14.4 Å². The second kappa shape index (κ2) is 8.19. The fourth-order valence-corrected chi connectivity index (χ4v) is 4.66. The predicted molar refractivity (Wildman–Crippen MR) is 113 cm³/mol. The van der Waals surface area contributed by atoms with E-state index in [4.69, 9.17) is 4.74 Å². The first-order valence-electron chi connectivity index (χ1n) is 9.58. The predicted octanol–water partition coefficient (Wildman–Crippen LogP) is 3.02. The number of esters is 1. The Balaban J connectivity index is 1.67. The molecule has 2 amide bonds. The molecule has 1 N–H and O–H groups in total. The van der Waals surface area contributed by atoms with E-state index in [-0.39, 0.29) is 18.2 Å². The number of amides is 2. The van der Waals surface area contributed by atoms with Crippen molar-refractivity contribution in [2.24, 2.45) is 0 Å². The van der Waals surface area contributed by atoms with Crippen LogP contribution in [-0.2, 0) is 22.5 Å². The molecule has 0 fully saturated rings. The number of hydrogen-bond donors (Lipinski definition) is 1. The summed E-state index contributed by atoms with van der Waals surface area (Å²) in [5.74, 6) is -0.962. The molecule has 4 rings (SSSR count). The first kappa shape index (κ1) is 20.0. The number of nitrogens with zero attached hydrogens (tertiary/aromatic N) is 3. The van der Waals surface area contributed by atoms with E-state index in [1.165, 1.54) is 24.5 Å². The number of thiophene rings is 1. The second-order valence-electron chi connectivity index (χ2n) is 6.82. The Morgan fingerprint density at radius 3 is 2.73 bits per heavy atom. The summed E-state index contributed by atoms with van der Waals surface area (Å²) in [5.41, 5.74) is 2.65. The van der Waals surface area contributed by atoms with Gasteiger partial charge in [0, 0.05) is 18.3 Å². The minimum absolute atomic E-state index is 0.0243. The number of benzene rings is 1. The maximum atomic E-state index is 12.9. The molecule has 1 aliphatic heterocycles. The van der Waals surface area contributed by atoms with Gasteiger partial charge in [-0.3, -0.25) is 14.6 Å². The van der Waals surface area contributed by atoms with Crippen LogP contribution in [-0.4, -0.2) is 45.8 Å². The van der Waals surface area contributed by atoms with Gasteiger partial charge in [-0.25, -0.2) is 9.78 Å². The van der Waals surface area contributed by atoms with Crippen molar-refractivity contribution in [1.29, 1.82) is 0 Å². The average Bonchev–Trinajstić information content (AvgIpc) is 3.10. The molecule has 154 valence electrons. The Labute approximate surface area is 176 Å². The highest BCUT2D eigenvalue weighted by atomic mass is 32.1. The van der Waals surface area contributed by atoms with Crippen molar-refractivity contribution in [3.8, 4) is 0 Å². The molecule has 30 heavy (non-hydrogen) atoms. The number of nitrogens with one attached hydrogen (secondary N) is 1. The van der Waals surface area contributed by atoms with E-state index in [1.807, 2.05) is 18.2 Å². The third-order valence-electron chi connectivity index (χ3n) is 4.89. The van der Waals surface area contributed by atoms with Gasteiger partial charge < -0.3 is 15.0 Å². The molecule has 0 spiro atoms. The van der Waals surface area contributed by atoms with Gasteiger partial charge in [-0.1, -0.05) is 12.1 Å². The van der Waals surface area contributed by atoms with Crippen LogP contribution in [0.5, 0.6) is 0 Å². The van der Waals surface area contributed by atoms with Crippen LogP contribution in [0.2, 0.25) is 0 Å². The largest absolute Gasteiger partial charge is 0.462 e. The van der Waals surface area contributed by atoms with E-state index in [1.54, 1.807) is 17.9 Å². The summed E-state index contributed by atoms with van der Waals surface area (Å²) in [4.78, 5) is 48.5. The van der Waals surface area contributed by atoms with E-state index in [0.29, 0.717) is 41.1 Å². The summed E-state index contributed by atoms with van der Waals surface area (Å²) in [6, 6.07) is 7.27. The van der Waals surface area contributed by atoms with Crippen LogP contribution in [0.1, 0.15) is 45.1 Å². The Bertz CT molecular complexity index is 1160. The van der Waals surface area contributed by atoms with Gasteiger partial charge in [0.1, 0.15) is 10.7 Å². The molecule has 0 radical (unpaired) electrons. The third-order valence-corrected chi connectivity index (χ3v) is 6.02. The fourth-order valence-electron chi connectivity index (χ4n) is 3.41. The Hall–Kier alpha value is -3.33. The number of carbonyl (C=O) groups excluding carboxylic acids is 3. The lowest BCUT2D eigenvalue weighted by Crippen LogP contribution is -2.34. The molecule has 2 aromatic heterocycles. The normalized spacial score (nSPS) is 13.1. The van der Waals surface area contributed by atoms with Crippen LogP contribution in [0.15, 0.2) is 30.5 Å². The first-order valence-corrected chi connectivity index (χ1v) is 10.4. The zero-order valence-electron chi connectivity index (χ0n) is 16.6. The van der Waals surface area contributed by atoms with E-state index < -0.39 is 11.9 Å². The zero-order chi connectivity index (χ0) is 21.3. The summed E-state index contributed by atoms with van der Waals surface area (Å²) in [5, 5.41) is 3.21. The molecule has 0 unspecified atom stereocenters. The smallest absolute Gasteiger partial charge is 0.341 e. The van der Waals surface area contributed by atoms with Crippen LogP contribution in [0.3, 0.4) is 0 Å². The van der Waals surface area contributed by atoms with Gasteiger partial charge in [0.2, 0.25) is 5.91 Å². The van der Waals surface area contributed by atoms with Gasteiger partial charge in [0.15, 0.2) is 0 Å². The van der Waals surface area contributed by atoms with Crippen molar-refractivity contribution in [3.05, 3.63) is 52.2 Å². The third kappa shape index (κ3) is 3.76. The standard InChI is InChI=1S/C21H20N4O4S/c1-3-29-21(28)18-13-8-9-25(12(2)26)11-17(13)30-20(18)24-19(27)16-10-22-14-6-4-5-7-15(14)23-16/h4-7,10H,3,8-9,11H2,1-2H3,(H,24,27). The van der Waals surface area contributed by atoms with Gasteiger partial charge in [0.25, 0.3) is 5.91 Å². The molecule has 0 saturated heterocycles. The first-order chi connectivity index (χ1) is 14.5. The number of anilines is 1. The number of fused-ring (bicyclic) bond motifs is 2. The summed E-state index contributed by atoms with van der Waals surface area (Å²) in [7, 11) is 0. The van der Waals surface area contributed by atoms with Gasteiger partial charge >= 0.3 is 5.97 Å². The molecule has 0 saturated carbocycles. The summed E-state index contributed by atoms with van der Waals surface area (Å²) >= 11 is 1.29. The van der Waals surface area contributed by atoms with Gasteiger partial charge in [-0.15, -0.1) is 11.3 Å². The lowest BCUT2D eigenvalue weighted by molar-refractivity contribution is -0.129. The van der Waals surface area contributed by atoms with Gasteiger partial charge in [-0.05, 0) is 31.0 Å². The molecule has 9 heteroatoms. The number of aromatic nitrogens is 2. The maximum Gasteiger partial charge on any atom is 0.341 e. The van der Waals surface area contributed by atoms with Crippen LogP contribution in [0.4, 0.5) is 5.00 Å². The van der Waals surface area contributed by atoms with E-state index in [0.717, 1.165) is 10.4 Å². The van der Waals surface area contributed by atoms with Crippen LogP contribution < -0.4 is 5.32 Å². The quantitative estimate of drug-likeness (QED) is 0.646. The van der Waals surface area contributed by atoms with Crippen LogP contribution in [0.25, 0.3) is 11.0 Å². The fraction of sp³-hybridized carbons (Fsp3) is 0.286.